The van der Waals surface area contributed by atoms with Crippen molar-refractivity contribution in [3.05, 3.63) is 59.4 Å². The van der Waals surface area contributed by atoms with Crippen molar-refractivity contribution in [2.45, 2.75) is 9.79 Å². The number of hydrogen-bond donors (Lipinski definition) is 1. The topological polar surface area (TPSA) is 104 Å². The van der Waals surface area contributed by atoms with Gasteiger partial charge in [0, 0.05) is 32.2 Å². The van der Waals surface area contributed by atoms with Gasteiger partial charge in [0.25, 0.3) is 5.91 Å². The van der Waals surface area contributed by atoms with Gasteiger partial charge in [0.2, 0.25) is 20.0 Å². The Morgan fingerprint density at radius 3 is 2.13 bits per heavy atom. The molecule has 1 heterocycles. The molecule has 31 heavy (non-hydrogen) atoms. The van der Waals surface area contributed by atoms with Crippen LogP contribution in [0.3, 0.4) is 0 Å². The molecule has 1 N–H and O–H groups in total. The summed E-state index contributed by atoms with van der Waals surface area (Å²) in [5.74, 6) is -3.89. The minimum absolute atomic E-state index is 0.136. The molecule has 1 aliphatic heterocycles. The molecule has 0 spiro atoms. The van der Waals surface area contributed by atoms with E-state index in [1.165, 1.54) is 11.9 Å². The van der Waals surface area contributed by atoms with E-state index in [9.17, 15) is 34.8 Å². The minimum atomic E-state index is -4.27. The van der Waals surface area contributed by atoms with Crippen LogP contribution < -0.4 is 4.72 Å². The number of sulfonamides is 2. The van der Waals surface area contributed by atoms with Gasteiger partial charge in [-0.1, -0.05) is 0 Å². The lowest BCUT2D eigenvalue weighted by Gasteiger charge is -2.34. The van der Waals surface area contributed by atoms with Gasteiger partial charge in [-0.3, -0.25) is 4.79 Å². The third kappa shape index (κ3) is 4.59. The van der Waals surface area contributed by atoms with Crippen LogP contribution >= 0.6 is 0 Å². The molecule has 1 saturated heterocycles. The Labute approximate surface area is 177 Å². The Morgan fingerprint density at radius 1 is 0.903 bits per heavy atom. The fourth-order valence-corrected chi connectivity index (χ4v) is 5.30. The molecule has 1 fully saturated rings. The van der Waals surface area contributed by atoms with E-state index >= 15 is 0 Å². The molecule has 0 saturated carbocycles. The molecule has 0 atom stereocenters. The number of hydrogen-bond acceptors (Lipinski definition) is 5. The minimum Gasteiger partial charge on any atom is -0.336 e. The number of amides is 1. The smallest absolute Gasteiger partial charge is 0.256 e. The Hall–Kier alpha value is -2.48. The quantitative estimate of drug-likeness (QED) is 0.696. The third-order valence-corrected chi connectivity index (χ3v) is 8.13. The number of nitrogens with one attached hydrogen (secondary N) is 1. The second-order valence-electron chi connectivity index (χ2n) is 6.62. The summed E-state index contributed by atoms with van der Waals surface area (Å²) in [6.45, 7) is -0.686. The highest BCUT2D eigenvalue weighted by Gasteiger charge is 2.33. The molecular formula is C18H18F3N3O5S2. The summed E-state index contributed by atoms with van der Waals surface area (Å²) in [7, 11) is -7.00. The molecule has 1 amide bonds. The SMILES string of the molecule is CNS(=O)(=O)c1ccc(F)c(C(=O)N2CCN(S(=O)(=O)c3ccc(F)cc3F)CC2)c1. The van der Waals surface area contributed by atoms with Crippen LogP contribution in [0.5, 0.6) is 0 Å². The lowest BCUT2D eigenvalue weighted by Crippen LogP contribution is -2.50. The van der Waals surface area contributed by atoms with Crippen LogP contribution in [0.2, 0.25) is 0 Å². The molecule has 13 heteroatoms. The summed E-state index contributed by atoms with van der Waals surface area (Å²) in [6, 6.07) is 4.88. The number of rotatable bonds is 5. The van der Waals surface area contributed by atoms with E-state index < -0.39 is 53.9 Å². The van der Waals surface area contributed by atoms with Crippen molar-refractivity contribution in [3.63, 3.8) is 0 Å². The van der Waals surface area contributed by atoms with Crippen molar-refractivity contribution in [2.24, 2.45) is 0 Å². The van der Waals surface area contributed by atoms with Crippen LogP contribution in [0.15, 0.2) is 46.2 Å². The molecule has 8 nitrogen and oxygen atoms in total. The number of piperazine rings is 1. The largest absolute Gasteiger partial charge is 0.336 e. The van der Waals surface area contributed by atoms with Gasteiger partial charge in [-0.05, 0) is 37.4 Å². The average molecular weight is 477 g/mol. The Balaban J connectivity index is 1.78. The molecule has 0 bridgehead atoms. The number of halogens is 3. The summed E-state index contributed by atoms with van der Waals surface area (Å²) in [4.78, 5) is 12.9. The molecule has 2 aromatic carbocycles. The van der Waals surface area contributed by atoms with E-state index in [1.807, 2.05) is 0 Å². The van der Waals surface area contributed by atoms with Crippen molar-refractivity contribution < 1.29 is 34.8 Å². The standard InChI is InChI=1S/C18H18F3N3O5S2/c1-22-30(26,27)13-3-4-15(20)14(11-13)18(25)23-6-8-24(9-7-23)31(28,29)17-5-2-12(19)10-16(17)21/h2-5,10-11,22H,6-9H2,1H3. The summed E-state index contributed by atoms with van der Waals surface area (Å²) in [6.07, 6.45) is 0. The maximum absolute atomic E-state index is 14.2. The van der Waals surface area contributed by atoms with Gasteiger partial charge >= 0.3 is 0 Å². The number of carbonyl (C=O) groups excluding carboxylic acids is 1. The number of carbonyl (C=O) groups is 1. The first-order valence-electron chi connectivity index (χ1n) is 8.95. The van der Waals surface area contributed by atoms with Gasteiger partial charge in [-0.15, -0.1) is 0 Å². The van der Waals surface area contributed by atoms with Crippen LogP contribution in [-0.2, 0) is 20.0 Å². The molecule has 0 radical (unpaired) electrons. The highest BCUT2D eigenvalue weighted by molar-refractivity contribution is 7.89. The average Bonchev–Trinajstić information content (AvgIpc) is 2.73. The van der Waals surface area contributed by atoms with Gasteiger partial charge in [-0.2, -0.15) is 4.31 Å². The molecule has 2 aromatic rings. The summed E-state index contributed by atoms with van der Waals surface area (Å²) in [5.41, 5.74) is -0.475. The number of nitrogens with zero attached hydrogens (tertiary/aromatic N) is 2. The fourth-order valence-electron chi connectivity index (χ4n) is 3.08. The summed E-state index contributed by atoms with van der Waals surface area (Å²) in [5, 5.41) is 0. The van der Waals surface area contributed by atoms with Crippen molar-refractivity contribution in [1.29, 1.82) is 0 Å². The third-order valence-electron chi connectivity index (χ3n) is 4.78. The van der Waals surface area contributed by atoms with Crippen LogP contribution in [-0.4, -0.2) is 65.2 Å². The van der Waals surface area contributed by atoms with E-state index in [-0.39, 0.29) is 31.1 Å². The first-order valence-corrected chi connectivity index (χ1v) is 11.9. The second kappa shape index (κ2) is 8.57. The zero-order valence-corrected chi connectivity index (χ0v) is 17.8. The van der Waals surface area contributed by atoms with E-state index in [0.29, 0.717) is 6.07 Å². The molecule has 0 aromatic heterocycles. The van der Waals surface area contributed by atoms with Gasteiger partial charge in [0.05, 0.1) is 10.5 Å². The molecular weight excluding hydrogens is 459 g/mol. The molecule has 3 rings (SSSR count). The Bertz CT molecular complexity index is 1230. The van der Waals surface area contributed by atoms with Crippen LogP contribution in [0.1, 0.15) is 10.4 Å². The highest BCUT2D eigenvalue weighted by atomic mass is 32.2. The highest BCUT2D eigenvalue weighted by Crippen LogP contribution is 2.23. The zero-order chi connectivity index (χ0) is 23.0. The summed E-state index contributed by atoms with van der Waals surface area (Å²) >= 11 is 0. The maximum atomic E-state index is 14.2. The van der Waals surface area contributed by atoms with E-state index in [4.69, 9.17) is 0 Å². The first kappa shape index (κ1) is 23.2. The van der Waals surface area contributed by atoms with Crippen LogP contribution in [0, 0.1) is 17.5 Å². The zero-order valence-electron chi connectivity index (χ0n) is 16.2. The van der Waals surface area contributed by atoms with E-state index in [2.05, 4.69) is 4.72 Å². The summed E-state index contributed by atoms with van der Waals surface area (Å²) < 4.78 is 93.3. The molecule has 1 aliphatic rings. The number of benzene rings is 2. The molecule has 0 unspecified atom stereocenters. The Morgan fingerprint density at radius 2 is 1.55 bits per heavy atom. The van der Waals surface area contributed by atoms with Gasteiger partial charge in [0.15, 0.2) is 0 Å². The molecule has 0 aliphatic carbocycles. The van der Waals surface area contributed by atoms with Gasteiger partial charge < -0.3 is 4.90 Å². The predicted octanol–water partition coefficient (Wildman–Crippen LogP) is 1.16. The maximum Gasteiger partial charge on any atom is 0.256 e. The Kier molecular flexibility index (Phi) is 6.41. The lowest BCUT2D eigenvalue weighted by atomic mass is 10.1. The van der Waals surface area contributed by atoms with Crippen molar-refractivity contribution in [2.75, 3.05) is 33.2 Å². The predicted molar refractivity (Wildman–Crippen MR) is 104 cm³/mol. The van der Waals surface area contributed by atoms with Crippen molar-refractivity contribution in [3.8, 4) is 0 Å². The van der Waals surface area contributed by atoms with Crippen LogP contribution in [0.25, 0.3) is 0 Å². The van der Waals surface area contributed by atoms with Gasteiger partial charge in [-0.25, -0.2) is 34.7 Å². The van der Waals surface area contributed by atoms with Gasteiger partial charge in [0.1, 0.15) is 22.3 Å². The van der Waals surface area contributed by atoms with Crippen molar-refractivity contribution >= 4 is 26.0 Å². The fraction of sp³-hybridized carbons (Fsp3) is 0.278. The van der Waals surface area contributed by atoms with E-state index in [0.717, 1.165) is 34.6 Å². The second-order valence-corrected chi connectivity index (χ2v) is 10.4. The monoisotopic (exact) mass is 477 g/mol. The van der Waals surface area contributed by atoms with E-state index in [1.54, 1.807) is 0 Å². The van der Waals surface area contributed by atoms with Crippen molar-refractivity contribution in [1.82, 2.24) is 13.9 Å². The first-order chi connectivity index (χ1) is 14.5. The van der Waals surface area contributed by atoms with Crippen LogP contribution in [0.4, 0.5) is 13.2 Å². The normalized spacial score (nSPS) is 15.8. The molecule has 168 valence electrons. The lowest BCUT2D eigenvalue weighted by molar-refractivity contribution is 0.0692.